The molecule has 1 aliphatic heterocycles. The number of rotatable bonds is 3. The Labute approximate surface area is 120 Å². The lowest BCUT2D eigenvalue weighted by atomic mass is 10.1. The number of ether oxygens (including phenoxy) is 1. The maximum atomic E-state index is 12.7. The molecule has 21 heavy (non-hydrogen) atoms. The number of carboxylic acids is 1. The number of alkyl halides is 2. The van der Waals surface area contributed by atoms with Gasteiger partial charge in [0.15, 0.2) is 6.10 Å². The summed E-state index contributed by atoms with van der Waals surface area (Å²) >= 11 is 0. The van der Waals surface area contributed by atoms with E-state index in [1.54, 1.807) is 6.92 Å². The first-order valence-corrected chi connectivity index (χ1v) is 6.44. The molecule has 1 N–H and O–H groups in total. The molecule has 2 atom stereocenters. The minimum atomic E-state index is -2.66. The fourth-order valence-electron chi connectivity index (χ4n) is 2.24. The molecule has 1 amide bonds. The number of carbonyl (C=O) groups is 2. The van der Waals surface area contributed by atoms with Gasteiger partial charge < -0.3 is 14.7 Å². The number of aliphatic carboxylic acids is 1. The SMILES string of the molecule is C[C@@H]1CN(C(=O)c2cccc(C(F)F)c2)CC(C(=O)O)O1. The van der Waals surface area contributed by atoms with Gasteiger partial charge in [-0.05, 0) is 19.1 Å². The second kappa shape index (κ2) is 6.17. The van der Waals surface area contributed by atoms with Crippen molar-refractivity contribution in [3.05, 3.63) is 35.4 Å². The molecule has 0 saturated carbocycles. The molecule has 0 radical (unpaired) electrons. The molecule has 1 aromatic rings. The highest BCUT2D eigenvalue weighted by Gasteiger charge is 2.33. The topological polar surface area (TPSA) is 66.8 Å². The summed E-state index contributed by atoms with van der Waals surface area (Å²) in [6.45, 7) is 1.78. The van der Waals surface area contributed by atoms with Gasteiger partial charge in [-0.15, -0.1) is 0 Å². The Morgan fingerprint density at radius 3 is 2.71 bits per heavy atom. The normalized spacial score (nSPS) is 22.4. The zero-order chi connectivity index (χ0) is 15.6. The van der Waals surface area contributed by atoms with Gasteiger partial charge in [0.1, 0.15) is 0 Å². The Balaban J connectivity index is 2.19. The number of carboxylic acid groups (broad SMARTS) is 1. The number of halogens is 2. The lowest BCUT2D eigenvalue weighted by Gasteiger charge is -2.35. The van der Waals surface area contributed by atoms with Crippen LogP contribution in [0, 0.1) is 0 Å². The van der Waals surface area contributed by atoms with Crippen LogP contribution in [0.4, 0.5) is 8.78 Å². The van der Waals surface area contributed by atoms with Gasteiger partial charge in [-0.3, -0.25) is 4.79 Å². The Morgan fingerprint density at radius 1 is 1.38 bits per heavy atom. The third-order valence-corrected chi connectivity index (χ3v) is 3.21. The highest BCUT2D eigenvalue weighted by molar-refractivity contribution is 5.94. The van der Waals surface area contributed by atoms with Gasteiger partial charge in [0.25, 0.3) is 12.3 Å². The van der Waals surface area contributed by atoms with Crippen molar-refractivity contribution >= 4 is 11.9 Å². The zero-order valence-electron chi connectivity index (χ0n) is 11.3. The molecule has 0 aliphatic carbocycles. The van der Waals surface area contributed by atoms with E-state index in [1.807, 2.05) is 0 Å². The average Bonchev–Trinajstić information content (AvgIpc) is 2.45. The maximum Gasteiger partial charge on any atom is 0.334 e. The predicted molar refractivity (Wildman–Crippen MR) is 69.3 cm³/mol. The molecule has 1 saturated heterocycles. The predicted octanol–water partition coefficient (Wildman–Crippen LogP) is 1.94. The Kier molecular flexibility index (Phi) is 4.52. The van der Waals surface area contributed by atoms with Crippen LogP contribution >= 0.6 is 0 Å². The number of morpholine rings is 1. The fraction of sp³-hybridized carbons (Fsp3) is 0.429. The second-order valence-corrected chi connectivity index (χ2v) is 4.91. The first-order valence-electron chi connectivity index (χ1n) is 6.44. The number of amides is 1. The van der Waals surface area contributed by atoms with Gasteiger partial charge in [0, 0.05) is 17.7 Å². The molecular formula is C14H15F2NO4. The van der Waals surface area contributed by atoms with E-state index < -0.39 is 30.5 Å². The minimum Gasteiger partial charge on any atom is -0.479 e. The smallest absolute Gasteiger partial charge is 0.334 e. The lowest BCUT2D eigenvalue weighted by Crippen LogP contribution is -2.51. The molecule has 0 bridgehead atoms. The van der Waals surface area contributed by atoms with Gasteiger partial charge in [-0.2, -0.15) is 0 Å². The van der Waals surface area contributed by atoms with Crippen molar-refractivity contribution < 1.29 is 28.2 Å². The van der Waals surface area contributed by atoms with Gasteiger partial charge in [-0.25, -0.2) is 13.6 Å². The summed E-state index contributed by atoms with van der Waals surface area (Å²) in [7, 11) is 0. The largest absolute Gasteiger partial charge is 0.479 e. The van der Waals surface area contributed by atoms with E-state index in [4.69, 9.17) is 9.84 Å². The Hall–Kier alpha value is -2.02. The summed E-state index contributed by atoms with van der Waals surface area (Å²) in [4.78, 5) is 24.6. The molecule has 1 aromatic carbocycles. The first kappa shape index (κ1) is 15.4. The van der Waals surface area contributed by atoms with Gasteiger partial charge in [0.2, 0.25) is 0 Å². The highest BCUT2D eigenvalue weighted by atomic mass is 19.3. The van der Waals surface area contributed by atoms with Crippen LogP contribution in [0.5, 0.6) is 0 Å². The molecule has 7 heteroatoms. The lowest BCUT2D eigenvalue weighted by molar-refractivity contribution is -0.160. The molecular weight excluding hydrogens is 284 g/mol. The summed E-state index contributed by atoms with van der Waals surface area (Å²) in [6.07, 6.45) is -4.19. The number of hydrogen-bond acceptors (Lipinski definition) is 3. The van der Waals surface area contributed by atoms with Crippen LogP contribution in [0.15, 0.2) is 24.3 Å². The Morgan fingerprint density at radius 2 is 2.10 bits per heavy atom. The summed E-state index contributed by atoms with van der Waals surface area (Å²) in [5.74, 6) is -1.63. The van der Waals surface area contributed by atoms with E-state index in [2.05, 4.69) is 0 Å². The molecule has 1 heterocycles. The van der Waals surface area contributed by atoms with Crippen LogP contribution in [0.25, 0.3) is 0 Å². The van der Waals surface area contributed by atoms with E-state index >= 15 is 0 Å². The molecule has 0 aromatic heterocycles. The Bertz CT molecular complexity index is 550. The average molecular weight is 299 g/mol. The molecule has 2 rings (SSSR count). The second-order valence-electron chi connectivity index (χ2n) is 4.91. The van der Waals surface area contributed by atoms with Crippen molar-refractivity contribution in [1.29, 1.82) is 0 Å². The van der Waals surface area contributed by atoms with E-state index in [0.717, 1.165) is 6.07 Å². The third kappa shape index (κ3) is 3.55. The quantitative estimate of drug-likeness (QED) is 0.926. The van der Waals surface area contributed by atoms with Crippen molar-refractivity contribution in [2.75, 3.05) is 13.1 Å². The first-order chi connectivity index (χ1) is 9.88. The van der Waals surface area contributed by atoms with Gasteiger partial charge in [0.05, 0.1) is 12.6 Å². The summed E-state index contributed by atoms with van der Waals surface area (Å²) < 4.78 is 30.5. The van der Waals surface area contributed by atoms with Crippen LogP contribution in [0.3, 0.4) is 0 Å². The van der Waals surface area contributed by atoms with Crippen LogP contribution in [-0.4, -0.2) is 47.2 Å². The monoisotopic (exact) mass is 299 g/mol. The molecule has 0 spiro atoms. The van der Waals surface area contributed by atoms with E-state index in [-0.39, 0.29) is 24.2 Å². The van der Waals surface area contributed by atoms with E-state index in [9.17, 15) is 18.4 Å². The summed E-state index contributed by atoms with van der Waals surface area (Å²) in [5, 5.41) is 8.98. The molecule has 5 nitrogen and oxygen atoms in total. The van der Waals surface area contributed by atoms with Crippen molar-refractivity contribution in [3.63, 3.8) is 0 Å². The third-order valence-electron chi connectivity index (χ3n) is 3.21. The summed E-state index contributed by atoms with van der Waals surface area (Å²) in [6, 6.07) is 5.18. The van der Waals surface area contributed by atoms with Crippen LogP contribution < -0.4 is 0 Å². The number of benzene rings is 1. The van der Waals surface area contributed by atoms with Crippen molar-refractivity contribution in [2.24, 2.45) is 0 Å². The van der Waals surface area contributed by atoms with Gasteiger partial charge in [-0.1, -0.05) is 12.1 Å². The zero-order valence-corrected chi connectivity index (χ0v) is 11.3. The molecule has 1 aliphatic rings. The number of carbonyl (C=O) groups excluding carboxylic acids is 1. The van der Waals surface area contributed by atoms with E-state index in [1.165, 1.54) is 23.1 Å². The van der Waals surface area contributed by atoms with Crippen LogP contribution in [-0.2, 0) is 9.53 Å². The maximum absolute atomic E-state index is 12.7. The summed E-state index contributed by atoms with van der Waals surface area (Å²) in [5.41, 5.74) is -0.122. The van der Waals surface area contributed by atoms with Gasteiger partial charge >= 0.3 is 5.97 Å². The van der Waals surface area contributed by atoms with E-state index in [0.29, 0.717) is 0 Å². The number of nitrogens with zero attached hydrogens (tertiary/aromatic N) is 1. The van der Waals surface area contributed by atoms with Crippen molar-refractivity contribution in [3.8, 4) is 0 Å². The molecule has 1 fully saturated rings. The fourth-order valence-corrected chi connectivity index (χ4v) is 2.24. The standard InChI is InChI=1S/C14H15F2NO4/c1-8-6-17(7-11(21-8)14(19)20)13(18)10-4-2-3-9(5-10)12(15)16/h2-5,8,11-12H,6-7H2,1H3,(H,19,20)/t8-,11?/m1/s1. The van der Waals surface area contributed by atoms with Crippen molar-refractivity contribution in [1.82, 2.24) is 4.90 Å². The van der Waals surface area contributed by atoms with Crippen LogP contribution in [0.2, 0.25) is 0 Å². The number of hydrogen-bond donors (Lipinski definition) is 1. The van der Waals surface area contributed by atoms with Crippen molar-refractivity contribution in [2.45, 2.75) is 25.6 Å². The highest BCUT2D eigenvalue weighted by Crippen LogP contribution is 2.21. The molecule has 114 valence electrons. The van der Waals surface area contributed by atoms with Crippen LogP contribution in [0.1, 0.15) is 29.3 Å². The molecule has 1 unspecified atom stereocenters. The minimum absolute atomic E-state index is 0.0998.